The van der Waals surface area contributed by atoms with Crippen molar-refractivity contribution in [3.63, 3.8) is 0 Å². The highest BCUT2D eigenvalue weighted by Gasteiger charge is 2.24. The molecule has 0 saturated carbocycles. The molecule has 0 spiro atoms. The first-order chi connectivity index (χ1) is 16.0. The van der Waals surface area contributed by atoms with Crippen molar-refractivity contribution >= 4 is 22.9 Å². The van der Waals surface area contributed by atoms with Crippen molar-refractivity contribution in [2.45, 2.75) is 46.6 Å². The largest absolute Gasteiger partial charge is 0.503 e. The quantitative estimate of drug-likeness (QED) is 0.487. The Morgan fingerprint density at radius 1 is 1.36 bits per heavy atom. The summed E-state index contributed by atoms with van der Waals surface area (Å²) in [6.45, 7) is 22.0. The zero-order chi connectivity index (χ0) is 23.8. The van der Waals surface area contributed by atoms with E-state index in [1.807, 2.05) is 19.1 Å². The van der Waals surface area contributed by atoms with Gasteiger partial charge >= 0.3 is 0 Å². The van der Waals surface area contributed by atoms with Crippen molar-refractivity contribution in [1.29, 1.82) is 0 Å². The Morgan fingerprint density at radius 2 is 2.15 bits per heavy atom. The van der Waals surface area contributed by atoms with E-state index in [2.05, 4.69) is 45.7 Å². The van der Waals surface area contributed by atoms with E-state index in [1.165, 1.54) is 17.8 Å². The number of nitrogens with zero attached hydrogens (tertiary/aromatic N) is 4. The minimum atomic E-state index is -0.0686. The molecule has 1 saturated heterocycles. The molecule has 1 fully saturated rings. The van der Waals surface area contributed by atoms with Crippen LogP contribution in [0.2, 0.25) is 0 Å². The third-order valence-corrected chi connectivity index (χ3v) is 7.50. The van der Waals surface area contributed by atoms with Gasteiger partial charge in [-0.3, -0.25) is 9.69 Å². The number of rotatable bonds is 11. The van der Waals surface area contributed by atoms with Crippen LogP contribution in [0.15, 0.2) is 18.2 Å². The molecule has 2 heterocycles. The van der Waals surface area contributed by atoms with E-state index in [1.54, 1.807) is 6.07 Å². The Hall–Kier alpha value is -2.47. The normalized spacial score (nSPS) is 16.2. The topological polar surface area (TPSA) is 62.1 Å². The smallest absolute Gasteiger partial charge is 0.263 e. The second kappa shape index (κ2) is 12.1. The summed E-state index contributed by atoms with van der Waals surface area (Å²) < 4.78 is 5.88. The summed E-state index contributed by atoms with van der Waals surface area (Å²) in [4.78, 5) is 26.4. The highest BCUT2D eigenvalue weighted by molar-refractivity contribution is 7.17. The molecule has 0 unspecified atom stereocenters. The number of thiazole rings is 1. The Bertz CT molecular complexity index is 980. The number of hydrogen-bond acceptors (Lipinski definition) is 6. The van der Waals surface area contributed by atoms with Gasteiger partial charge in [0.1, 0.15) is 15.6 Å². The summed E-state index contributed by atoms with van der Waals surface area (Å²) in [5.74, 6) is 0.519. The second-order valence-electron chi connectivity index (χ2n) is 8.24. The van der Waals surface area contributed by atoms with Crippen LogP contribution in [0.3, 0.4) is 0 Å². The predicted octanol–water partition coefficient (Wildman–Crippen LogP) is 4.60. The van der Waals surface area contributed by atoms with E-state index < -0.39 is 0 Å². The van der Waals surface area contributed by atoms with Crippen LogP contribution >= 0.6 is 11.3 Å². The lowest BCUT2D eigenvalue weighted by atomic mass is 10.2. The van der Waals surface area contributed by atoms with E-state index in [0.29, 0.717) is 35.5 Å². The maximum atomic E-state index is 12.8. The molecule has 0 radical (unpaired) electrons. The minimum absolute atomic E-state index is 0.0686. The third-order valence-electron chi connectivity index (χ3n) is 6.29. The van der Waals surface area contributed by atoms with Gasteiger partial charge in [0.2, 0.25) is 5.69 Å². The van der Waals surface area contributed by atoms with Gasteiger partial charge in [-0.2, -0.15) is 0 Å². The van der Waals surface area contributed by atoms with Gasteiger partial charge in [0, 0.05) is 24.7 Å². The number of ether oxygens (including phenoxy) is 1. The molecule has 1 aromatic carbocycles. The molecule has 1 aromatic heterocycles. The SMILES string of the molecule is [C-]#[N+]c1cc(-c2nc(C)c(C(=O)NC[C@@H]3CCCN3CC)s2)ccc1OCCN(CC)CC. The Labute approximate surface area is 201 Å². The third kappa shape index (κ3) is 6.32. The molecule has 7 nitrogen and oxygen atoms in total. The van der Waals surface area contributed by atoms with E-state index in [-0.39, 0.29) is 5.91 Å². The number of carbonyl (C=O) groups is 1. The Kier molecular flexibility index (Phi) is 9.24. The van der Waals surface area contributed by atoms with Gasteiger partial charge in [0.15, 0.2) is 0 Å². The molecular formula is C25H35N5O2S. The summed E-state index contributed by atoms with van der Waals surface area (Å²) in [5, 5.41) is 3.85. The standard InChI is InChI=1S/C25H35N5O2S/c1-6-29(7-2)14-15-32-22-12-11-19(16-21(22)26-5)25-28-18(4)23(33-25)24(31)27-17-20-10-9-13-30(20)8-3/h11-12,16,20H,6-10,13-15,17H2,1-4H3,(H,27,31)/t20-/m0/s1. The molecule has 1 N–H and O–H groups in total. The molecule has 1 aliphatic rings. The van der Waals surface area contributed by atoms with Crippen molar-refractivity contribution in [2.75, 3.05) is 45.9 Å². The minimum Gasteiger partial charge on any atom is -0.503 e. The van der Waals surface area contributed by atoms with E-state index in [9.17, 15) is 4.79 Å². The molecule has 1 atom stereocenters. The summed E-state index contributed by atoms with van der Waals surface area (Å²) >= 11 is 1.38. The van der Waals surface area contributed by atoms with Crippen LogP contribution in [-0.4, -0.2) is 72.6 Å². The molecule has 0 bridgehead atoms. The predicted molar refractivity (Wildman–Crippen MR) is 134 cm³/mol. The Morgan fingerprint density at radius 3 is 2.85 bits per heavy atom. The summed E-state index contributed by atoms with van der Waals surface area (Å²) in [6, 6.07) is 5.97. The maximum absolute atomic E-state index is 12.8. The van der Waals surface area contributed by atoms with Crippen LogP contribution in [0.4, 0.5) is 5.69 Å². The fourth-order valence-electron chi connectivity index (χ4n) is 4.25. The van der Waals surface area contributed by atoms with Crippen LogP contribution in [-0.2, 0) is 0 Å². The lowest BCUT2D eigenvalue weighted by Crippen LogP contribution is -2.39. The van der Waals surface area contributed by atoms with Gasteiger partial charge in [-0.15, -0.1) is 11.3 Å². The van der Waals surface area contributed by atoms with Crippen LogP contribution in [0.1, 0.15) is 49.0 Å². The number of aryl methyl sites for hydroxylation is 1. The number of carbonyl (C=O) groups excluding carboxylic acids is 1. The first-order valence-electron chi connectivity index (χ1n) is 11.9. The fraction of sp³-hybridized carbons (Fsp3) is 0.560. The number of nitrogens with one attached hydrogen (secondary N) is 1. The second-order valence-corrected chi connectivity index (χ2v) is 9.24. The van der Waals surface area contributed by atoms with E-state index in [0.717, 1.165) is 55.4 Å². The Balaban J connectivity index is 1.66. The molecular weight excluding hydrogens is 434 g/mol. The molecule has 33 heavy (non-hydrogen) atoms. The monoisotopic (exact) mass is 469 g/mol. The lowest BCUT2D eigenvalue weighted by Gasteiger charge is -2.22. The number of aromatic nitrogens is 1. The van der Waals surface area contributed by atoms with Gasteiger partial charge in [0.05, 0.1) is 18.9 Å². The number of amides is 1. The van der Waals surface area contributed by atoms with E-state index >= 15 is 0 Å². The van der Waals surface area contributed by atoms with Crippen molar-refractivity contribution in [1.82, 2.24) is 20.1 Å². The van der Waals surface area contributed by atoms with Gasteiger partial charge in [0.25, 0.3) is 5.91 Å². The molecule has 8 heteroatoms. The van der Waals surface area contributed by atoms with Gasteiger partial charge < -0.3 is 15.0 Å². The molecule has 2 aromatic rings. The average molecular weight is 470 g/mol. The van der Waals surface area contributed by atoms with Crippen molar-refractivity contribution in [2.24, 2.45) is 0 Å². The zero-order valence-corrected chi connectivity index (χ0v) is 21.0. The number of likely N-dealkylation sites (tertiary alicyclic amines) is 1. The van der Waals surface area contributed by atoms with Crippen molar-refractivity contribution in [3.8, 4) is 16.3 Å². The highest BCUT2D eigenvalue weighted by atomic mass is 32.1. The van der Waals surface area contributed by atoms with E-state index in [4.69, 9.17) is 11.3 Å². The number of benzene rings is 1. The number of likely N-dealkylation sites (N-methyl/N-ethyl adjacent to an activating group) is 2. The molecule has 3 rings (SSSR count). The molecule has 1 aliphatic heterocycles. The first-order valence-corrected chi connectivity index (χ1v) is 12.7. The van der Waals surface area contributed by atoms with Crippen LogP contribution in [0.5, 0.6) is 5.75 Å². The number of hydrogen-bond donors (Lipinski definition) is 1. The molecule has 178 valence electrons. The summed E-state index contributed by atoms with van der Waals surface area (Å²) in [5.41, 5.74) is 2.01. The van der Waals surface area contributed by atoms with Crippen LogP contribution in [0, 0.1) is 13.5 Å². The van der Waals surface area contributed by atoms with Gasteiger partial charge in [-0.1, -0.05) is 26.8 Å². The van der Waals surface area contributed by atoms with Crippen molar-refractivity contribution < 1.29 is 9.53 Å². The summed E-state index contributed by atoms with van der Waals surface area (Å²) in [7, 11) is 0. The van der Waals surface area contributed by atoms with Crippen LogP contribution < -0.4 is 10.1 Å². The zero-order valence-electron chi connectivity index (χ0n) is 20.2. The lowest BCUT2D eigenvalue weighted by molar-refractivity contribution is 0.0944. The highest BCUT2D eigenvalue weighted by Crippen LogP contribution is 2.35. The van der Waals surface area contributed by atoms with Gasteiger partial charge in [-0.25, -0.2) is 9.83 Å². The average Bonchev–Trinajstić information content (AvgIpc) is 3.46. The molecule has 1 amide bonds. The summed E-state index contributed by atoms with van der Waals surface area (Å²) in [6.07, 6.45) is 2.32. The maximum Gasteiger partial charge on any atom is 0.263 e. The molecule has 0 aliphatic carbocycles. The fourth-order valence-corrected chi connectivity index (χ4v) is 5.23. The van der Waals surface area contributed by atoms with Crippen molar-refractivity contribution in [3.05, 3.63) is 40.2 Å². The van der Waals surface area contributed by atoms with Crippen LogP contribution in [0.25, 0.3) is 15.4 Å². The first kappa shape index (κ1) is 25.2. The van der Waals surface area contributed by atoms with Gasteiger partial charge in [-0.05, 0) is 58.1 Å².